The molecule has 22 nitrogen and oxygen atoms in total. The minimum Gasteiger partial charge on any atom is -0.502 e. The molecule has 0 saturated heterocycles. The minimum atomic E-state index is -1.34. The third-order valence-electron chi connectivity index (χ3n) is 14.7. The fourth-order valence-electron chi connectivity index (χ4n) is 9.28. The van der Waals surface area contributed by atoms with Gasteiger partial charge in [0.05, 0.1) is 43.7 Å². The maximum atomic E-state index is 12.1. The summed E-state index contributed by atoms with van der Waals surface area (Å²) in [5, 5.41) is 28.0. The van der Waals surface area contributed by atoms with E-state index in [2.05, 4.69) is 4.42 Å². The molecule has 6 heterocycles. The lowest BCUT2D eigenvalue weighted by Crippen LogP contribution is -2.12. The van der Waals surface area contributed by atoms with Crippen molar-refractivity contribution in [3.05, 3.63) is 421 Å². The Balaban J connectivity index is 0.000000165. The van der Waals surface area contributed by atoms with Gasteiger partial charge in [0, 0.05) is 42.8 Å². The zero-order valence-electron chi connectivity index (χ0n) is 57.8. The standard InChI is InChI=1S/C20H18O4.C20H16O3.C13H10O5.C13H10O4.C13H12O3.C6H6O3/c21-17-11-12-23-19(13-18(22)16-9-5-2-6-10-16)20(17)24-14-15-7-3-1-4-8-15;21-18-13-14-22-19(12-11-16-7-3-1-4-8-16)20(18)23-15-17-9-5-2-6-10-17;14-10-6-7-17-12(13(15)16)11(10)18-8-9-4-2-1-3-5-9;14-8-12-13(11(15)6-7-16-12)17-9-10-4-2-1-3-5-10;1-10-13(12(14)7-8-15-10)16-9-11-5-3-2-4-6-11;1-4-6(8)5(7)2-3-9-4/h1-12,18,22H,13-14H2;1-14H,15H2;1-7H,8H2,(H,15,16);1-8H,9H2;2-8H,9H2,1H3;2-3,8H,1H3/b;12-11+;;;;. The van der Waals surface area contributed by atoms with Crippen molar-refractivity contribution in [2.24, 2.45) is 0 Å². The first-order chi connectivity index (χ1) is 52.0. The number of aryl methyl sites for hydroxylation is 2. The van der Waals surface area contributed by atoms with Crippen molar-refractivity contribution in [1.29, 1.82) is 0 Å². The Labute approximate surface area is 611 Å². The van der Waals surface area contributed by atoms with Crippen molar-refractivity contribution in [3.8, 4) is 34.5 Å². The number of aliphatic hydroxyl groups is 1. The second-order valence-corrected chi connectivity index (χ2v) is 22.5. The summed E-state index contributed by atoms with van der Waals surface area (Å²) in [4.78, 5) is 90.7. The van der Waals surface area contributed by atoms with E-state index in [1.165, 1.54) is 68.6 Å². The number of carboxylic acids is 1. The van der Waals surface area contributed by atoms with Crippen LogP contribution in [0.1, 0.15) is 89.2 Å². The lowest BCUT2D eigenvalue weighted by atomic mass is 10.0. The third-order valence-corrected chi connectivity index (χ3v) is 14.7. The number of aliphatic hydroxyl groups excluding tert-OH is 1. The molecule has 6 aromatic heterocycles. The Morgan fingerprint density at radius 3 is 1.11 bits per heavy atom. The fourth-order valence-corrected chi connectivity index (χ4v) is 9.28. The second-order valence-electron chi connectivity index (χ2n) is 22.5. The summed E-state index contributed by atoms with van der Waals surface area (Å²) >= 11 is 0. The molecule has 544 valence electrons. The van der Waals surface area contributed by atoms with Crippen LogP contribution in [0.3, 0.4) is 0 Å². The predicted octanol–water partition coefficient (Wildman–Crippen LogP) is 15.0. The number of ether oxygens (including phenoxy) is 5. The number of benzene rings is 7. The average molecular weight is 1450 g/mol. The Morgan fingerprint density at radius 1 is 0.364 bits per heavy atom. The molecule has 0 spiro atoms. The summed E-state index contributed by atoms with van der Waals surface area (Å²) in [6.45, 7) is 4.52. The summed E-state index contributed by atoms with van der Waals surface area (Å²) in [6.07, 6.45) is 11.0. The number of aromatic hydroxyl groups is 1. The van der Waals surface area contributed by atoms with Gasteiger partial charge in [-0.3, -0.25) is 33.6 Å². The molecule has 22 heteroatoms. The normalized spacial score (nSPS) is 10.5. The van der Waals surface area contributed by atoms with E-state index in [0.717, 1.165) is 51.3 Å². The molecular weight excluding hydrogens is 1370 g/mol. The molecule has 107 heavy (non-hydrogen) atoms. The highest BCUT2D eigenvalue weighted by Crippen LogP contribution is 2.25. The Hall–Kier alpha value is -14.1. The molecule has 13 aromatic rings. The van der Waals surface area contributed by atoms with Crippen molar-refractivity contribution in [2.75, 3.05) is 0 Å². The molecule has 7 aromatic carbocycles. The van der Waals surface area contributed by atoms with Crippen LogP contribution >= 0.6 is 0 Å². The highest BCUT2D eigenvalue weighted by molar-refractivity contribution is 5.87. The van der Waals surface area contributed by atoms with Gasteiger partial charge < -0.3 is 65.5 Å². The van der Waals surface area contributed by atoms with Crippen molar-refractivity contribution in [2.45, 2.75) is 59.4 Å². The van der Waals surface area contributed by atoms with Gasteiger partial charge in [-0.05, 0) is 58.9 Å². The number of aldehydes is 1. The maximum absolute atomic E-state index is 12.1. The van der Waals surface area contributed by atoms with E-state index in [0.29, 0.717) is 36.8 Å². The van der Waals surface area contributed by atoms with E-state index < -0.39 is 28.7 Å². The average Bonchev–Trinajstić information content (AvgIpc) is 0.873. The van der Waals surface area contributed by atoms with Gasteiger partial charge in [-0.1, -0.05) is 218 Å². The molecule has 0 radical (unpaired) electrons. The maximum Gasteiger partial charge on any atom is 0.375 e. The van der Waals surface area contributed by atoms with Gasteiger partial charge in [0.2, 0.25) is 72.8 Å². The molecule has 1 unspecified atom stereocenters. The van der Waals surface area contributed by atoms with Crippen LogP contribution in [0.4, 0.5) is 0 Å². The predicted molar refractivity (Wildman–Crippen MR) is 398 cm³/mol. The van der Waals surface area contributed by atoms with Crippen molar-refractivity contribution < 1.29 is 75.1 Å². The quantitative estimate of drug-likeness (QED) is 0.0531. The molecular formula is C85H72O22. The molecule has 0 amide bonds. The van der Waals surface area contributed by atoms with E-state index in [1.54, 1.807) is 13.0 Å². The zero-order valence-corrected chi connectivity index (χ0v) is 57.8. The van der Waals surface area contributed by atoms with Crippen LogP contribution in [0, 0.1) is 13.8 Å². The van der Waals surface area contributed by atoms with Crippen LogP contribution in [0.5, 0.6) is 34.5 Å². The Morgan fingerprint density at radius 2 is 0.692 bits per heavy atom. The van der Waals surface area contributed by atoms with Crippen LogP contribution in [0.25, 0.3) is 12.2 Å². The number of rotatable bonds is 22. The topological polar surface area (TPSA) is 322 Å². The summed E-state index contributed by atoms with van der Waals surface area (Å²) < 4.78 is 57.7. The number of carboxylic acid groups (broad SMARTS) is 1. The van der Waals surface area contributed by atoms with Crippen LogP contribution in [0.2, 0.25) is 0 Å². The second kappa shape index (κ2) is 42.3. The van der Waals surface area contributed by atoms with Crippen molar-refractivity contribution in [3.63, 3.8) is 0 Å². The third kappa shape index (κ3) is 25.7. The Kier molecular flexibility index (Phi) is 31.1. The van der Waals surface area contributed by atoms with Gasteiger partial charge in [0.1, 0.15) is 44.6 Å². The molecule has 0 bridgehead atoms. The van der Waals surface area contributed by atoms with Gasteiger partial charge >= 0.3 is 5.97 Å². The van der Waals surface area contributed by atoms with Gasteiger partial charge in [-0.2, -0.15) is 0 Å². The summed E-state index contributed by atoms with van der Waals surface area (Å²) in [5.74, 6) is -0.385. The lowest BCUT2D eigenvalue weighted by Gasteiger charge is -2.13. The number of hydrogen-bond acceptors (Lipinski definition) is 21. The van der Waals surface area contributed by atoms with Crippen LogP contribution < -0.4 is 56.3 Å². The first kappa shape index (κ1) is 78.6. The first-order valence-corrected chi connectivity index (χ1v) is 32.8. The van der Waals surface area contributed by atoms with Gasteiger partial charge in [-0.15, -0.1) is 0 Å². The zero-order chi connectivity index (χ0) is 76.0. The molecule has 0 aliphatic carbocycles. The largest absolute Gasteiger partial charge is 0.502 e. The van der Waals surface area contributed by atoms with E-state index >= 15 is 0 Å². The van der Waals surface area contributed by atoms with Crippen LogP contribution in [0.15, 0.2) is 342 Å². The SMILES string of the molecule is Cc1occc(=O)c1O.Cc1occc(=O)c1OCc1ccccc1.O=C(O)c1occc(=O)c1OCc1ccccc1.O=Cc1occc(=O)c1OCc1ccccc1.O=c1ccoc(/C=C/c2ccccc2)c1OCc1ccccc1.O=c1ccoc(CC(O)c2ccccc2)c1OCc1ccccc1. The summed E-state index contributed by atoms with van der Waals surface area (Å²) in [5.41, 5.74) is 4.60. The smallest absolute Gasteiger partial charge is 0.375 e. The van der Waals surface area contributed by atoms with Crippen molar-refractivity contribution in [1.82, 2.24) is 0 Å². The van der Waals surface area contributed by atoms with Gasteiger partial charge in [0.25, 0.3) is 5.76 Å². The molecule has 0 saturated carbocycles. The molecule has 0 aliphatic rings. The molecule has 0 aliphatic heterocycles. The van der Waals surface area contributed by atoms with E-state index in [1.807, 2.05) is 218 Å². The highest BCUT2D eigenvalue weighted by atomic mass is 16.5. The minimum absolute atomic E-state index is 0.0497. The molecule has 1 atom stereocenters. The highest BCUT2D eigenvalue weighted by Gasteiger charge is 2.20. The number of aromatic carboxylic acids is 1. The monoisotopic (exact) mass is 1440 g/mol. The van der Waals surface area contributed by atoms with Gasteiger partial charge in [-0.25, -0.2) is 4.79 Å². The number of carbonyl (C=O) groups excluding carboxylic acids is 1. The number of hydrogen-bond donors (Lipinski definition) is 3. The number of carbonyl (C=O) groups is 2. The Bertz CT molecular complexity index is 5270. The lowest BCUT2D eigenvalue weighted by molar-refractivity contribution is 0.0650. The molecule has 3 N–H and O–H groups in total. The first-order valence-electron chi connectivity index (χ1n) is 32.8. The van der Waals surface area contributed by atoms with Crippen LogP contribution in [-0.4, -0.2) is 27.6 Å². The van der Waals surface area contributed by atoms with Crippen molar-refractivity contribution >= 4 is 24.4 Å². The van der Waals surface area contributed by atoms with E-state index in [4.69, 9.17) is 56.0 Å². The summed E-state index contributed by atoms with van der Waals surface area (Å²) in [6, 6.07) is 74.0. The molecule has 0 fully saturated rings. The van der Waals surface area contributed by atoms with Crippen LogP contribution in [-0.2, 0) is 39.5 Å². The van der Waals surface area contributed by atoms with E-state index in [-0.39, 0.29) is 94.0 Å². The fraction of sp³-hybridized carbons (Fsp3) is 0.106. The summed E-state index contributed by atoms with van der Waals surface area (Å²) in [7, 11) is 0. The molecule has 13 rings (SSSR count). The van der Waals surface area contributed by atoms with Gasteiger partial charge in [0.15, 0.2) is 17.8 Å². The van der Waals surface area contributed by atoms with E-state index in [9.17, 15) is 43.5 Å².